The number of carbonyl (C=O) groups excluding carboxylic acids is 5. The zero-order valence-electron chi connectivity index (χ0n) is 18.7. The first kappa shape index (κ1) is 23.5. The van der Waals surface area contributed by atoms with Gasteiger partial charge in [-0.05, 0) is 43.3 Å². The highest BCUT2D eigenvalue weighted by Gasteiger charge is 2.35. The third kappa shape index (κ3) is 5.16. The fourth-order valence-corrected chi connectivity index (χ4v) is 3.60. The number of nitrogens with one attached hydrogen (secondary N) is 3. The van der Waals surface area contributed by atoms with E-state index in [1.165, 1.54) is 30.5 Å². The van der Waals surface area contributed by atoms with Crippen molar-refractivity contribution in [1.82, 2.24) is 16.1 Å². The van der Waals surface area contributed by atoms with Crippen LogP contribution in [0.25, 0.3) is 0 Å². The summed E-state index contributed by atoms with van der Waals surface area (Å²) in [6, 6.07) is 7.50. The molecule has 12 nitrogen and oxygen atoms in total. The molecule has 3 N–H and O–H groups in total. The molecule has 4 rings (SSSR count). The smallest absolute Gasteiger partial charge is 0.338 e. The largest absolute Gasteiger partial charge is 0.467 e. The van der Waals surface area contributed by atoms with Crippen LogP contribution in [-0.2, 0) is 23.9 Å². The van der Waals surface area contributed by atoms with Crippen molar-refractivity contribution in [3.63, 3.8) is 0 Å². The Morgan fingerprint density at radius 2 is 1.83 bits per heavy atom. The number of hydrazine groups is 1. The fourth-order valence-electron chi connectivity index (χ4n) is 3.60. The van der Waals surface area contributed by atoms with Crippen LogP contribution < -0.4 is 21.1 Å². The van der Waals surface area contributed by atoms with E-state index in [0.29, 0.717) is 11.4 Å². The van der Waals surface area contributed by atoms with Gasteiger partial charge in [0.15, 0.2) is 0 Å². The molecule has 0 radical (unpaired) electrons. The summed E-state index contributed by atoms with van der Waals surface area (Å²) in [4.78, 5) is 61.1. The van der Waals surface area contributed by atoms with Crippen molar-refractivity contribution in [3.05, 3.63) is 65.3 Å². The van der Waals surface area contributed by atoms with E-state index in [4.69, 9.17) is 13.9 Å². The number of ether oxygens (including phenoxy) is 2. The van der Waals surface area contributed by atoms with E-state index in [-0.39, 0.29) is 48.1 Å². The van der Waals surface area contributed by atoms with Gasteiger partial charge in [0.05, 0.1) is 35.4 Å². The number of furan rings is 1. The molecule has 1 aromatic heterocycles. The molecule has 1 atom stereocenters. The van der Waals surface area contributed by atoms with Crippen molar-refractivity contribution < 1.29 is 37.9 Å². The minimum atomic E-state index is -0.928. The molecule has 35 heavy (non-hydrogen) atoms. The van der Waals surface area contributed by atoms with Gasteiger partial charge < -0.3 is 24.5 Å². The second-order valence-electron chi connectivity index (χ2n) is 7.55. The Balaban J connectivity index is 1.51. The molecule has 0 bridgehead atoms. The van der Waals surface area contributed by atoms with Crippen molar-refractivity contribution in [1.29, 1.82) is 0 Å². The summed E-state index contributed by atoms with van der Waals surface area (Å²) in [6.07, 6.45) is 1.61. The maximum atomic E-state index is 12.7. The third-order valence-electron chi connectivity index (χ3n) is 5.24. The van der Waals surface area contributed by atoms with Crippen LogP contribution in [-0.4, -0.2) is 43.0 Å². The van der Waals surface area contributed by atoms with Crippen LogP contribution >= 0.6 is 0 Å². The highest BCUT2D eigenvalue weighted by atomic mass is 16.5. The van der Waals surface area contributed by atoms with Gasteiger partial charge in [0.25, 0.3) is 0 Å². The second kappa shape index (κ2) is 10.1. The molecule has 3 heterocycles. The maximum Gasteiger partial charge on any atom is 0.338 e. The van der Waals surface area contributed by atoms with Gasteiger partial charge in [-0.15, -0.1) is 0 Å². The SMILES string of the molecule is CCOC(=O)C1=C(COC(=O)c2ccc(N3NC(=O)CCC3=O)cc2)NC(=O)NC1c1ccco1. The van der Waals surface area contributed by atoms with Crippen LogP contribution in [0.1, 0.15) is 41.9 Å². The average Bonchev–Trinajstić information content (AvgIpc) is 3.39. The lowest BCUT2D eigenvalue weighted by Crippen LogP contribution is -2.50. The fraction of sp³-hybridized carbons (Fsp3) is 0.261. The monoisotopic (exact) mass is 482 g/mol. The topological polar surface area (TPSA) is 156 Å². The Bertz CT molecular complexity index is 1190. The molecule has 1 saturated heterocycles. The number of benzene rings is 1. The first-order chi connectivity index (χ1) is 16.9. The maximum absolute atomic E-state index is 12.7. The quantitative estimate of drug-likeness (QED) is 0.501. The summed E-state index contributed by atoms with van der Waals surface area (Å²) in [7, 11) is 0. The summed E-state index contributed by atoms with van der Waals surface area (Å²) in [5, 5.41) is 6.21. The lowest BCUT2D eigenvalue weighted by atomic mass is 10.0. The minimum absolute atomic E-state index is 0.0453. The average molecular weight is 482 g/mol. The highest BCUT2D eigenvalue weighted by molar-refractivity contribution is 6.01. The molecule has 0 saturated carbocycles. The summed E-state index contributed by atoms with van der Waals surface area (Å²) >= 11 is 0. The molecular formula is C23H22N4O8. The number of esters is 2. The Morgan fingerprint density at radius 3 is 2.51 bits per heavy atom. The van der Waals surface area contributed by atoms with Gasteiger partial charge in [-0.1, -0.05) is 0 Å². The van der Waals surface area contributed by atoms with Crippen molar-refractivity contribution in [2.24, 2.45) is 0 Å². The van der Waals surface area contributed by atoms with Crippen molar-refractivity contribution in [2.75, 3.05) is 18.2 Å². The second-order valence-corrected chi connectivity index (χ2v) is 7.55. The molecule has 12 heteroatoms. The zero-order valence-corrected chi connectivity index (χ0v) is 18.7. The predicted octanol–water partition coefficient (Wildman–Crippen LogP) is 1.47. The number of hydrogen-bond donors (Lipinski definition) is 3. The van der Waals surface area contributed by atoms with Gasteiger partial charge in [0, 0.05) is 12.8 Å². The molecule has 2 aliphatic rings. The van der Waals surface area contributed by atoms with Gasteiger partial charge in [0.1, 0.15) is 18.4 Å². The Morgan fingerprint density at radius 1 is 1.06 bits per heavy atom. The normalized spacial score (nSPS) is 17.9. The Hall–Kier alpha value is -4.61. The van der Waals surface area contributed by atoms with Gasteiger partial charge >= 0.3 is 18.0 Å². The molecule has 2 aliphatic heterocycles. The number of amides is 4. The lowest BCUT2D eigenvalue weighted by Gasteiger charge is -2.27. The van der Waals surface area contributed by atoms with E-state index in [9.17, 15) is 24.0 Å². The van der Waals surface area contributed by atoms with E-state index in [0.717, 1.165) is 5.01 Å². The van der Waals surface area contributed by atoms with Crippen LogP contribution in [0.4, 0.5) is 10.5 Å². The van der Waals surface area contributed by atoms with Crippen molar-refractivity contribution in [2.45, 2.75) is 25.8 Å². The number of hydrogen-bond acceptors (Lipinski definition) is 8. The molecule has 182 valence electrons. The summed E-state index contributed by atoms with van der Waals surface area (Å²) in [5.41, 5.74) is 3.12. The van der Waals surface area contributed by atoms with Crippen LogP contribution in [0.5, 0.6) is 0 Å². The van der Waals surface area contributed by atoms with Gasteiger partial charge in [-0.3, -0.25) is 15.0 Å². The third-order valence-corrected chi connectivity index (χ3v) is 5.24. The van der Waals surface area contributed by atoms with E-state index in [1.807, 2.05) is 0 Å². The van der Waals surface area contributed by atoms with Gasteiger partial charge in [-0.25, -0.2) is 19.4 Å². The van der Waals surface area contributed by atoms with E-state index >= 15 is 0 Å². The van der Waals surface area contributed by atoms with Gasteiger partial charge in [-0.2, -0.15) is 0 Å². The van der Waals surface area contributed by atoms with Crippen LogP contribution in [0.15, 0.2) is 58.3 Å². The summed E-state index contributed by atoms with van der Waals surface area (Å²) in [5.74, 6) is -1.68. The molecular weight excluding hydrogens is 460 g/mol. The number of rotatable bonds is 7. The van der Waals surface area contributed by atoms with Crippen molar-refractivity contribution in [3.8, 4) is 0 Å². The first-order valence-electron chi connectivity index (χ1n) is 10.8. The lowest BCUT2D eigenvalue weighted by molar-refractivity contribution is -0.139. The van der Waals surface area contributed by atoms with E-state index in [1.54, 1.807) is 19.1 Å². The number of carbonyl (C=O) groups is 5. The Labute approximate surface area is 199 Å². The van der Waals surface area contributed by atoms with E-state index < -0.39 is 30.6 Å². The van der Waals surface area contributed by atoms with E-state index in [2.05, 4.69) is 16.1 Å². The number of nitrogens with zero attached hydrogens (tertiary/aromatic N) is 1. The predicted molar refractivity (Wildman–Crippen MR) is 118 cm³/mol. The first-order valence-corrected chi connectivity index (χ1v) is 10.8. The van der Waals surface area contributed by atoms with Crippen LogP contribution in [0, 0.1) is 0 Å². The molecule has 0 aliphatic carbocycles. The Kier molecular flexibility index (Phi) is 6.81. The summed E-state index contributed by atoms with van der Waals surface area (Å²) < 4.78 is 15.8. The molecule has 1 unspecified atom stereocenters. The van der Waals surface area contributed by atoms with Crippen LogP contribution in [0.2, 0.25) is 0 Å². The number of anilines is 1. The number of urea groups is 1. The molecule has 0 spiro atoms. The van der Waals surface area contributed by atoms with Crippen LogP contribution in [0.3, 0.4) is 0 Å². The van der Waals surface area contributed by atoms with Crippen molar-refractivity contribution >= 4 is 35.5 Å². The minimum Gasteiger partial charge on any atom is -0.467 e. The molecule has 2 aromatic rings. The molecule has 1 aromatic carbocycles. The standard InChI is InChI=1S/C23H22N4O8/c1-2-33-22(31)19-15(24-23(32)25-20(19)16-4-3-11-34-16)12-35-21(30)13-5-7-14(8-6-13)27-18(29)10-9-17(28)26-27/h3-8,11,20H,2,9-10,12H2,1H3,(H,26,28)(H2,24,25,32). The van der Waals surface area contributed by atoms with Gasteiger partial charge in [0.2, 0.25) is 11.8 Å². The summed E-state index contributed by atoms with van der Waals surface area (Å²) in [6.45, 7) is 1.32. The molecule has 1 fully saturated rings. The zero-order chi connectivity index (χ0) is 24.9. The highest BCUT2D eigenvalue weighted by Crippen LogP contribution is 2.28. The molecule has 4 amide bonds.